The van der Waals surface area contributed by atoms with E-state index in [-0.39, 0.29) is 11.1 Å². The monoisotopic (exact) mass is 306 g/mol. The summed E-state index contributed by atoms with van der Waals surface area (Å²) in [5.41, 5.74) is 2.70. The van der Waals surface area contributed by atoms with Gasteiger partial charge in [-0.3, -0.25) is 19.8 Å². The summed E-state index contributed by atoms with van der Waals surface area (Å²) in [6, 6.07) is 9.71. The quantitative estimate of drug-likeness (QED) is 0.720. The van der Waals surface area contributed by atoms with Crippen LogP contribution in [0.2, 0.25) is 0 Å². The molecule has 0 bridgehead atoms. The fraction of sp³-hybridized carbons (Fsp3) is 0.176. The van der Waals surface area contributed by atoms with Gasteiger partial charge >= 0.3 is 5.69 Å². The number of hydrogen-bond donors (Lipinski definition) is 2. The second-order valence-electron chi connectivity index (χ2n) is 6.13. The average molecular weight is 306 g/mol. The van der Waals surface area contributed by atoms with E-state index >= 15 is 0 Å². The Morgan fingerprint density at radius 1 is 1.09 bits per heavy atom. The Hall–Kier alpha value is -3.02. The number of aliphatic imine (C=N–C) groups is 1. The van der Waals surface area contributed by atoms with Gasteiger partial charge in [0.2, 0.25) is 0 Å². The number of hydrogen-bond acceptors (Lipinski definition) is 4. The zero-order chi connectivity index (χ0) is 16.2. The molecule has 4 rings (SSSR count). The molecule has 1 aliphatic heterocycles. The van der Waals surface area contributed by atoms with Crippen molar-refractivity contribution in [2.24, 2.45) is 4.99 Å². The maximum atomic E-state index is 12.0. The minimum atomic E-state index is -0.561. The zero-order valence-electron chi connectivity index (χ0n) is 12.7. The van der Waals surface area contributed by atoms with Crippen molar-refractivity contribution in [2.45, 2.75) is 19.3 Å². The fourth-order valence-electron chi connectivity index (χ4n) is 3.09. The third kappa shape index (κ3) is 1.95. The molecule has 0 saturated carbocycles. The molecule has 6 nitrogen and oxygen atoms in total. The van der Waals surface area contributed by atoms with E-state index in [4.69, 9.17) is 4.99 Å². The molecule has 114 valence electrons. The van der Waals surface area contributed by atoms with Crippen LogP contribution < -0.4 is 11.2 Å². The third-order valence-corrected chi connectivity index (χ3v) is 4.27. The van der Waals surface area contributed by atoms with E-state index in [0.29, 0.717) is 5.39 Å². The smallest absolute Gasteiger partial charge is 0.291 e. The summed E-state index contributed by atoms with van der Waals surface area (Å²) in [5, 5.41) is 0.344. The van der Waals surface area contributed by atoms with Crippen LogP contribution in [-0.4, -0.2) is 20.7 Å². The lowest BCUT2D eigenvalue weighted by Gasteiger charge is -2.22. The normalized spacial score (nSPS) is 15.5. The highest BCUT2D eigenvalue weighted by atomic mass is 16.2. The first-order valence-electron chi connectivity index (χ1n) is 7.28. The molecule has 0 radical (unpaired) electrons. The number of aromatic nitrogens is 3. The van der Waals surface area contributed by atoms with Crippen LogP contribution in [0.3, 0.4) is 0 Å². The molecular weight excluding hydrogens is 292 g/mol. The molecule has 2 aromatic heterocycles. The highest BCUT2D eigenvalue weighted by Gasteiger charge is 2.35. The van der Waals surface area contributed by atoms with Gasteiger partial charge in [-0.25, -0.2) is 9.78 Å². The lowest BCUT2D eigenvalue weighted by Crippen LogP contribution is -2.27. The largest absolute Gasteiger partial charge is 0.327 e. The van der Waals surface area contributed by atoms with Gasteiger partial charge in [-0.2, -0.15) is 0 Å². The van der Waals surface area contributed by atoms with Gasteiger partial charge in [0.1, 0.15) is 5.65 Å². The number of aromatic amines is 2. The maximum absolute atomic E-state index is 12.0. The molecule has 3 aromatic rings. The van der Waals surface area contributed by atoms with Crippen LogP contribution in [0.4, 0.5) is 5.69 Å². The zero-order valence-corrected chi connectivity index (χ0v) is 12.7. The Balaban J connectivity index is 1.94. The number of pyridine rings is 1. The number of nitrogens with zero attached hydrogens (tertiary/aromatic N) is 2. The Labute approximate surface area is 131 Å². The second-order valence-corrected chi connectivity index (χ2v) is 6.13. The summed E-state index contributed by atoms with van der Waals surface area (Å²) in [5.74, 6) is 0. The molecule has 0 fully saturated rings. The van der Waals surface area contributed by atoms with Crippen molar-refractivity contribution in [1.29, 1.82) is 0 Å². The van der Waals surface area contributed by atoms with E-state index in [1.165, 1.54) is 0 Å². The summed E-state index contributed by atoms with van der Waals surface area (Å²) in [4.78, 5) is 37.0. The van der Waals surface area contributed by atoms with Gasteiger partial charge in [0.15, 0.2) is 0 Å². The van der Waals surface area contributed by atoms with E-state index in [9.17, 15) is 9.59 Å². The van der Waals surface area contributed by atoms with Crippen molar-refractivity contribution in [3.8, 4) is 0 Å². The van der Waals surface area contributed by atoms with Gasteiger partial charge in [0.05, 0.1) is 16.8 Å². The highest BCUT2D eigenvalue weighted by Crippen LogP contribution is 2.41. The average Bonchev–Trinajstić information content (AvgIpc) is 2.79. The molecule has 23 heavy (non-hydrogen) atoms. The standard InChI is InChI=1S/C17H14N4O2/c1-17(2)11-5-3-4-6-12(11)19-13(17)9-7-10-14(18-8-9)20-16(23)21-15(10)22/h3-8H,1-2H3,(H2,18,20,21,22,23). The van der Waals surface area contributed by atoms with Crippen molar-refractivity contribution in [3.63, 3.8) is 0 Å². The Morgan fingerprint density at radius 2 is 1.87 bits per heavy atom. The fourth-order valence-corrected chi connectivity index (χ4v) is 3.09. The van der Waals surface area contributed by atoms with Crippen molar-refractivity contribution in [1.82, 2.24) is 15.0 Å². The number of H-pyrrole nitrogens is 2. The van der Waals surface area contributed by atoms with Gasteiger partial charge in [0.25, 0.3) is 5.56 Å². The predicted molar refractivity (Wildman–Crippen MR) is 88.6 cm³/mol. The van der Waals surface area contributed by atoms with Crippen molar-refractivity contribution in [3.05, 3.63) is 68.5 Å². The van der Waals surface area contributed by atoms with Crippen LogP contribution in [0.25, 0.3) is 11.0 Å². The van der Waals surface area contributed by atoms with E-state index in [1.54, 1.807) is 12.3 Å². The van der Waals surface area contributed by atoms with Gasteiger partial charge in [0, 0.05) is 17.2 Å². The molecule has 0 unspecified atom stereocenters. The molecule has 0 amide bonds. The molecule has 1 aromatic carbocycles. The molecule has 3 heterocycles. The molecule has 1 aliphatic rings. The lowest BCUT2D eigenvalue weighted by molar-refractivity contribution is 0.737. The minimum Gasteiger partial charge on any atom is -0.291 e. The summed E-state index contributed by atoms with van der Waals surface area (Å²) in [6.07, 6.45) is 1.64. The van der Waals surface area contributed by atoms with Crippen molar-refractivity contribution >= 4 is 22.4 Å². The highest BCUT2D eigenvalue weighted by molar-refractivity contribution is 6.13. The third-order valence-electron chi connectivity index (χ3n) is 4.27. The van der Waals surface area contributed by atoms with E-state index in [2.05, 4.69) is 34.9 Å². The number of rotatable bonds is 1. The molecule has 0 atom stereocenters. The number of fused-ring (bicyclic) bond motifs is 2. The Bertz CT molecular complexity index is 1090. The van der Waals surface area contributed by atoms with Crippen LogP contribution in [0.15, 0.2) is 51.1 Å². The predicted octanol–water partition coefficient (Wildman–Crippen LogP) is 2.02. The SMILES string of the molecule is CC1(C)C(c2cnc3[nH]c(=O)[nH]c(=O)c3c2)=Nc2ccccc21. The summed E-state index contributed by atoms with van der Waals surface area (Å²) in [7, 11) is 0. The van der Waals surface area contributed by atoms with Crippen LogP contribution in [0.5, 0.6) is 0 Å². The summed E-state index contributed by atoms with van der Waals surface area (Å²) < 4.78 is 0. The number of nitrogens with one attached hydrogen (secondary N) is 2. The molecule has 2 N–H and O–H groups in total. The number of benzene rings is 1. The first kappa shape index (κ1) is 13.6. The van der Waals surface area contributed by atoms with Gasteiger partial charge in [-0.15, -0.1) is 0 Å². The molecular formula is C17H14N4O2. The van der Waals surface area contributed by atoms with Crippen LogP contribution in [0.1, 0.15) is 25.0 Å². The Morgan fingerprint density at radius 3 is 2.65 bits per heavy atom. The summed E-state index contributed by atoms with van der Waals surface area (Å²) >= 11 is 0. The second kappa shape index (κ2) is 4.49. The molecule has 0 saturated heterocycles. The van der Waals surface area contributed by atoms with Gasteiger partial charge in [-0.05, 0) is 17.7 Å². The van der Waals surface area contributed by atoms with E-state index in [0.717, 1.165) is 22.5 Å². The van der Waals surface area contributed by atoms with Gasteiger partial charge in [-0.1, -0.05) is 32.0 Å². The minimum absolute atomic E-state index is 0.274. The number of para-hydroxylation sites is 1. The molecule has 0 aliphatic carbocycles. The summed E-state index contributed by atoms with van der Waals surface area (Å²) in [6.45, 7) is 4.19. The van der Waals surface area contributed by atoms with Crippen LogP contribution in [-0.2, 0) is 5.41 Å². The van der Waals surface area contributed by atoms with Crippen molar-refractivity contribution < 1.29 is 0 Å². The van der Waals surface area contributed by atoms with Crippen molar-refractivity contribution in [2.75, 3.05) is 0 Å². The Kier molecular flexibility index (Phi) is 2.66. The van der Waals surface area contributed by atoms with Crippen LogP contribution >= 0.6 is 0 Å². The topological polar surface area (TPSA) is 91.0 Å². The van der Waals surface area contributed by atoms with E-state index in [1.807, 2.05) is 18.2 Å². The lowest BCUT2D eigenvalue weighted by atomic mass is 9.79. The van der Waals surface area contributed by atoms with E-state index < -0.39 is 11.2 Å². The first-order valence-corrected chi connectivity index (χ1v) is 7.28. The van der Waals surface area contributed by atoms with Crippen LogP contribution in [0, 0.1) is 0 Å². The molecule has 0 spiro atoms. The van der Waals surface area contributed by atoms with Gasteiger partial charge < -0.3 is 0 Å². The molecule has 6 heteroatoms. The first-order chi connectivity index (χ1) is 11.0. The maximum Gasteiger partial charge on any atom is 0.327 e.